The fourth-order valence-corrected chi connectivity index (χ4v) is 5.36. The number of nitrogens with zero attached hydrogens (tertiary/aromatic N) is 1. The summed E-state index contributed by atoms with van der Waals surface area (Å²) in [5.74, 6) is -0.374. The number of carbonyl (C=O) groups excluding carboxylic acids is 1. The summed E-state index contributed by atoms with van der Waals surface area (Å²) in [6, 6.07) is 3.33. The first-order valence-corrected chi connectivity index (χ1v) is 10.8. The molecule has 7 nitrogen and oxygen atoms in total. The normalized spacial score (nSPS) is 19.0. The largest absolute Gasteiger partial charge is 0.382 e. The zero-order valence-electron chi connectivity index (χ0n) is 14.5. The Balaban J connectivity index is 1.76. The summed E-state index contributed by atoms with van der Waals surface area (Å²) >= 11 is 1.21. The van der Waals surface area contributed by atoms with E-state index in [4.69, 9.17) is 9.47 Å². The van der Waals surface area contributed by atoms with Crippen LogP contribution in [0.15, 0.2) is 21.7 Å². The van der Waals surface area contributed by atoms with Crippen LogP contribution in [0.1, 0.15) is 19.3 Å². The Hall–Kier alpha value is -1.00. The molecule has 1 aromatic rings. The fraction of sp³-hybridized carbons (Fsp3) is 0.688. The molecule has 0 aliphatic carbocycles. The summed E-state index contributed by atoms with van der Waals surface area (Å²) in [6.07, 6.45) is 2.13. The molecule has 142 valence electrons. The Bertz CT molecular complexity index is 618. The minimum Gasteiger partial charge on any atom is -0.382 e. The fourth-order valence-electron chi connectivity index (χ4n) is 2.69. The van der Waals surface area contributed by atoms with Gasteiger partial charge in [0.2, 0.25) is 5.91 Å². The molecule has 9 heteroatoms. The van der Waals surface area contributed by atoms with Gasteiger partial charge in [0.15, 0.2) is 0 Å². The van der Waals surface area contributed by atoms with Crippen LogP contribution in [0.25, 0.3) is 0 Å². The van der Waals surface area contributed by atoms with E-state index < -0.39 is 10.0 Å². The average molecular weight is 391 g/mol. The van der Waals surface area contributed by atoms with Crippen LogP contribution in [-0.2, 0) is 24.3 Å². The maximum absolute atomic E-state index is 12.6. The van der Waals surface area contributed by atoms with Crippen molar-refractivity contribution in [2.45, 2.75) is 23.5 Å². The molecule has 1 N–H and O–H groups in total. The van der Waals surface area contributed by atoms with Crippen LogP contribution >= 0.6 is 11.3 Å². The van der Waals surface area contributed by atoms with E-state index in [1.165, 1.54) is 15.6 Å². The van der Waals surface area contributed by atoms with Crippen molar-refractivity contribution in [3.8, 4) is 0 Å². The highest BCUT2D eigenvalue weighted by Gasteiger charge is 2.33. The van der Waals surface area contributed by atoms with E-state index >= 15 is 0 Å². The first-order valence-electron chi connectivity index (χ1n) is 8.43. The molecule has 1 aromatic heterocycles. The second-order valence-electron chi connectivity index (χ2n) is 5.88. The topological polar surface area (TPSA) is 84.9 Å². The number of carbonyl (C=O) groups is 1. The van der Waals surface area contributed by atoms with Gasteiger partial charge in [-0.15, -0.1) is 11.3 Å². The van der Waals surface area contributed by atoms with Gasteiger partial charge in [0, 0.05) is 33.4 Å². The van der Waals surface area contributed by atoms with Gasteiger partial charge in [-0.3, -0.25) is 4.79 Å². The van der Waals surface area contributed by atoms with Crippen LogP contribution in [0.3, 0.4) is 0 Å². The molecule has 1 aliphatic heterocycles. The average Bonchev–Trinajstić information content (AvgIpc) is 3.16. The quantitative estimate of drug-likeness (QED) is 0.609. The molecule has 1 atom stereocenters. The van der Waals surface area contributed by atoms with E-state index in [2.05, 4.69) is 5.32 Å². The van der Waals surface area contributed by atoms with E-state index in [0.29, 0.717) is 50.0 Å². The highest BCUT2D eigenvalue weighted by Crippen LogP contribution is 2.26. The highest BCUT2D eigenvalue weighted by molar-refractivity contribution is 7.91. The molecule has 25 heavy (non-hydrogen) atoms. The van der Waals surface area contributed by atoms with E-state index in [1.54, 1.807) is 24.6 Å². The van der Waals surface area contributed by atoms with Crippen LogP contribution in [0.5, 0.6) is 0 Å². The van der Waals surface area contributed by atoms with Crippen LogP contribution in [0.2, 0.25) is 0 Å². The number of piperidine rings is 1. The Morgan fingerprint density at radius 3 is 2.96 bits per heavy atom. The molecule has 0 saturated carbocycles. The molecule has 0 spiro atoms. The van der Waals surface area contributed by atoms with Gasteiger partial charge in [-0.2, -0.15) is 4.31 Å². The number of ether oxygens (including phenoxy) is 2. The SMILES string of the molecule is COCCOCCCNC(=O)C1CCCN(S(=O)(=O)c2cccs2)C1. The second-order valence-corrected chi connectivity index (χ2v) is 9.00. The van der Waals surface area contributed by atoms with Crippen molar-refractivity contribution in [2.24, 2.45) is 5.92 Å². The third kappa shape index (κ3) is 6.03. The van der Waals surface area contributed by atoms with E-state index in [0.717, 1.165) is 6.42 Å². The number of sulfonamides is 1. The van der Waals surface area contributed by atoms with Gasteiger partial charge < -0.3 is 14.8 Å². The van der Waals surface area contributed by atoms with Crippen molar-refractivity contribution in [1.82, 2.24) is 9.62 Å². The van der Waals surface area contributed by atoms with Gasteiger partial charge >= 0.3 is 0 Å². The summed E-state index contributed by atoms with van der Waals surface area (Å²) in [5, 5.41) is 4.63. The minimum absolute atomic E-state index is 0.0806. The summed E-state index contributed by atoms with van der Waals surface area (Å²) < 4.78 is 37.1. The molecule has 1 aliphatic rings. The minimum atomic E-state index is -3.48. The maximum atomic E-state index is 12.6. The lowest BCUT2D eigenvalue weighted by Crippen LogP contribution is -2.45. The van der Waals surface area contributed by atoms with Gasteiger partial charge in [-0.1, -0.05) is 6.07 Å². The molecule has 2 heterocycles. The predicted octanol–water partition coefficient (Wildman–Crippen LogP) is 1.32. The van der Waals surface area contributed by atoms with E-state index in [1.807, 2.05) is 0 Å². The monoisotopic (exact) mass is 390 g/mol. The van der Waals surface area contributed by atoms with Crippen LogP contribution < -0.4 is 5.32 Å². The number of hydrogen-bond acceptors (Lipinski definition) is 6. The van der Waals surface area contributed by atoms with Gasteiger partial charge in [-0.25, -0.2) is 8.42 Å². The molecule has 1 fully saturated rings. The highest BCUT2D eigenvalue weighted by atomic mass is 32.2. The van der Waals surface area contributed by atoms with Gasteiger partial charge in [0.25, 0.3) is 10.0 Å². The Morgan fingerprint density at radius 1 is 1.40 bits per heavy atom. The van der Waals surface area contributed by atoms with Crippen LogP contribution in [0, 0.1) is 5.92 Å². The molecule has 1 saturated heterocycles. The maximum Gasteiger partial charge on any atom is 0.252 e. The number of amides is 1. The lowest BCUT2D eigenvalue weighted by atomic mass is 9.99. The number of nitrogens with one attached hydrogen (secondary N) is 1. The van der Waals surface area contributed by atoms with Crippen molar-refractivity contribution < 1.29 is 22.7 Å². The third-order valence-corrected chi connectivity index (χ3v) is 7.28. The number of rotatable bonds is 10. The number of methoxy groups -OCH3 is 1. The zero-order chi connectivity index (χ0) is 18.1. The molecule has 0 bridgehead atoms. The Kier molecular flexibility index (Phi) is 8.31. The summed E-state index contributed by atoms with van der Waals surface area (Å²) in [5.41, 5.74) is 0. The summed E-state index contributed by atoms with van der Waals surface area (Å²) in [4.78, 5) is 12.3. The molecule has 0 radical (unpaired) electrons. The second kappa shape index (κ2) is 10.2. The van der Waals surface area contributed by atoms with Crippen molar-refractivity contribution in [3.05, 3.63) is 17.5 Å². The summed E-state index contributed by atoms with van der Waals surface area (Å²) in [6.45, 7) is 2.91. The Labute approximate surface area is 153 Å². The smallest absolute Gasteiger partial charge is 0.252 e. The molecule has 1 unspecified atom stereocenters. The standard InChI is InChI=1S/C16H26N2O5S2/c1-22-10-11-23-9-4-7-17-16(19)14-5-2-8-18(13-14)25(20,21)15-6-3-12-24-15/h3,6,12,14H,2,4-5,7-11,13H2,1H3,(H,17,19). The van der Waals surface area contributed by atoms with Crippen LogP contribution in [-0.4, -0.2) is 65.2 Å². The first-order chi connectivity index (χ1) is 12.1. The molecule has 0 aromatic carbocycles. The van der Waals surface area contributed by atoms with Crippen molar-refractivity contribution in [2.75, 3.05) is 46.6 Å². The number of thiophene rings is 1. The van der Waals surface area contributed by atoms with E-state index in [-0.39, 0.29) is 18.4 Å². The predicted molar refractivity (Wildman–Crippen MR) is 96.1 cm³/mol. The molecule has 1 amide bonds. The van der Waals surface area contributed by atoms with Crippen molar-refractivity contribution in [3.63, 3.8) is 0 Å². The lowest BCUT2D eigenvalue weighted by Gasteiger charge is -2.30. The van der Waals surface area contributed by atoms with Crippen molar-refractivity contribution in [1.29, 1.82) is 0 Å². The zero-order valence-corrected chi connectivity index (χ0v) is 16.1. The number of hydrogen-bond donors (Lipinski definition) is 1. The molecular weight excluding hydrogens is 364 g/mol. The lowest BCUT2D eigenvalue weighted by molar-refractivity contribution is -0.126. The third-order valence-electron chi connectivity index (χ3n) is 4.04. The molecular formula is C16H26N2O5S2. The van der Waals surface area contributed by atoms with Crippen LogP contribution in [0.4, 0.5) is 0 Å². The first kappa shape index (κ1) is 20.3. The van der Waals surface area contributed by atoms with Gasteiger partial charge in [0.1, 0.15) is 4.21 Å². The van der Waals surface area contributed by atoms with Crippen molar-refractivity contribution >= 4 is 27.3 Å². The summed E-state index contributed by atoms with van der Waals surface area (Å²) in [7, 11) is -1.86. The van der Waals surface area contributed by atoms with E-state index in [9.17, 15) is 13.2 Å². The molecule has 2 rings (SSSR count). The van der Waals surface area contributed by atoms with Gasteiger partial charge in [0.05, 0.1) is 19.1 Å². The Morgan fingerprint density at radius 2 is 2.24 bits per heavy atom. The van der Waals surface area contributed by atoms with Gasteiger partial charge in [-0.05, 0) is 30.7 Å².